The Morgan fingerprint density at radius 1 is 1.50 bits per heavy atom. The van der Waals surface area contributed by atoms with Crippen molar-refractivity contribution in [1.29, 1.82) is 0 Å². The summed E-state index contributed by atoms with van der Waals surface area (Å²) < 4.78 is 0. The third kappa shape index (κ3) is 1.64. The van der Waals surface area contributed by atoms with E-state index in [1.165, 1.54) is 19.3 Å². The summed E-state index contributed by atoms with van der Waals surface area (Å²) in [6.07, 6.45) is 5.71. The minimum Gasteiger partial charge on any atom is -0.324 e. The van der Waals surface area contributed by atoms with Gasteiger partial charge in [0.15, 0.2) is 0 Å². The first kappa shape index (κ1) is 9.59. The Labute approximate surface area is 84.8 Å². The summed E-state index contributed by atoms with van der Waals surface area (Å²) in [7, 11) is 0. The summed E-state index contributed by atoms with van der Waals surface area (Å²) in [6.45, 7) is 3.98. The molecule has 0 aromatic carbocycles. The predicted molar refractivity (Wildman–Crippen MR) is 56.0 cm³/mol. The van der Waals surface area contributed by atoms with Crippen LogP contribution < -0.4 is 5.73 Å². The van der Waals surface area contributed by atoms with Gasteiger partial charge in [0.05, 0.1) is 0 Å². The van der Waals surface area contributed by atoms with Crippen molar-refractivity contribution in [2.45, 2.75) is 45.1 Å². The van der Waals surface area contributed by atoms with Gasteiger partial charge in [-0.3, -0.25) is 0 Å². The maximum absolute atomic E-state index is 5.81. The van der Waals surface area contributed by atoms with Crippen molar-refractivity contribution in [2.24, 2.45) is 5.73 Å². The van der Waals surface area contributed by atoms with E-state index in [1.807, 2.05) is 20.0 Å². The van der Waals surface area contributed by atoms with Gasteiger partial charge in [-0.15, -0.1) is 0 Å². The van der Waals surface area contributed by atoms with Gasteiger partial charge < -0.3 is 5.73 Å². The number of nitrogens with zero attached hydrogens (tertiary/aromatic N) is 2. The van der Waals surface area contributed by atoms with E-state index >= 15 is 0 Å². The number of aryl methyl sites for hydroxylation is 1. The van der Waals surface area contributed by atoms with Gasteiger partial charge in [-0.25, -0.2) is 9.97 Å². The molecule has 1 aliphatic rings. The molecule has 1 atom stereocenters. The lowest BCUT2D eigenvalue weighted by molar-refractivity contribution is 0.400. The Bertz CT molecular complexity index is 329. The summed E-state index contributed by atoms with van der Waals surface area (Å²) >= 11 is 0. The SMILES string of the molecule is Cc1nc(C2CCC2)ncc1[C@H](C)N. The van der Waals surface area contributed by atoms with Gasteiger partial charge in [-0.1, -0.05) is 6.42 Å². The molecule has 0 saturated heterocycles. The summed E-state index contributed by atoms with van der Waals surface area (Å²) in [5, 5.41) is 0. The van der Waals surface area contributed by atoms with E-state index in [0.717, 1.165) is 17.1 Å². The Kier molecular flexibility index (Phi) is 2.50. The molecule has 1 aromatic rings. The maximum atomic E-state index is 5.81. The maximum Gasteiger partial charge on any atom is 0.131 e. The van der Waals surface area contributed by atoms with Crippen LogP contribution in [0.5, 0.6) is 0 Å². The van der Waals surface area contributed by atoms with E-state index in [2.05, 4.69) is 9.97 Å². The molecule has 0 spiro atoms. The van der Waals surface area contributed by atoms with E-state index in [0.29, 0.717) is 5.92 Å². The van der Waals surface area contributed by atoms with E-state index in [1.54, 1.807) is 0 Å². The highest BCUT2D eigenvalue weighted by Crippen LogP contribution is 2.34. The fourth-order valence-electron chi connectivity index (χ4n) is 1.80. The third-order valence-electron chi connectivity index (χ3n) is 3.00. The second-order valence-corrected chi connectivity index (χ2v) is 4.19. The zero-order chi connectivity index (χ0) is 10.1. The first-order valence-corrected chi connectivity index (χ1v) is 5.27. The van der Waals surface area contributed by atoms with Crippen LogP contribution in [0.25, 0.3) is 0 Å². The average Bonchev–Trinajstić information content (AvgIpc) is 2.00. The molecule has 0 unspecified atom stereocenters. The van der Waals surface area contributed by atoms with Crippen LogP contribution in [0.1, 0.15) is 55.2 Å². The molecular weight excluding hydrogens is 174 g/mol. The Morgan fingerprint density at radius 2 is 2.21 bits per heavy atom. The highest BCUT2D eigenvalue weighted by Gasteiger charge is 2.22. The molecule has 76 valence electrons. The predicted octanol–water partition coefficient (Wildman–Crippen LogP) is 2.07. The van der Waals surface area contributed by atoms with Crippen LogP contribution >= 0.6 is 0 Å². The van der Waals surface area contributed by atoms with Gasteiger partial charge in [0.1, 0.15) is 5.82 Å². The highest BCUT2D eigenvalue weighted by atomic mass is 14.9. The first-order chi connectivity index (χ1) is 6.68. The molecule has 0 aliphatic heterocycles. The van der Waals surface area contributed by atoms with Crippen LogP contribution in [0.2, 0.25) is 0 Å². The van der Waals surface area contributed by atoms with Gasteiger partial charge in [-0.2, -0.15) is 0 Å². The molecule has 1 saturated carbocycles. The van der Waals surface area contributed by atoms with Crippen molar-refractivity contribution in [1.82, 2.24) is 9.97 Å². The Balaban J connectivity index is 2.25. The van der Waals surface area contributed by atoms with Crippen molar-refractivity contribution in [3.8, 4) is 0 Å². The van der Waals surface area contributed by atoms with Crippen LogP contribution in [-0.2, 0) is 0 Å². The van der Waals surface area contributed by atoms with Crippen molar-refractivity contribution in [3.05, 3.63) is 23.3 Å². The van der Waals surface area contributed by atoms with Crippen molar-refractivity contribution >= 4 is 0 Å². The lowest BCUT2D eigenvalue weighted by Crippen LogP contribution is -2.16. The molecule has 14 heavy (non-hydrogen) atoms. The average molecular weight is 191 g/mol. The Morgan fingerprint density at radius 3 is 2.64 bits per heavy atom. The van der Waals surface area contributed by atoms with Crippen LogP contribution in [0.15, 0.2) is 6.20 Å². The molecule has 0 amide bonds. The summed E-state index contributed by atoms with van der Waals surface area (Å²) in [6, 6.07) is 0.0328. The number of hydrogen-bond acceptors (Lipinski definition) is 3. The van der Waals surface area contributed by atoms with E-state index in [9.17, 15) is 0 Å². The molecule has 1 aromatic heterocycles. The lowest BCUT2D eigenvalue weighted by atomic mass is 9.85. The van der Waals surface area contributed by atoms with Gasteiger partial charge >= 0.3 is 0 Å². The molecule has 0 bridgehead atoms. The fraction of sp³-hybridized carbons (Fsp3) is 0.636. The summed E-state index contributed by atoms with van der Waals surface area (Å²) in [5.74, 6) is 1.62. The van der Waals surface area contributed by atoms with Gasteiger partial charge in [0.25, 0.3) is 0 Å². The van der Waals surface area contributed by atoms with Crippen LogP contribution in [0.4, 0.5) is 0 Å². The lowest BCUT2D eigenvalue weighted by Gasteiger charge is -2.24. The van der Waals surface area contributed by atoms with Gasteiger partial charge in [-0.05, 0) is 26.7 Å². The molecule has 2 N–H and O–H groups in total. The van der Waals surface area contributed by atoms with Crippen molar-refractivity contribution in [2.75, 3.05) is 0 Å². The third-order valence-corrected chi connectivity index (χ3v) is 3.00. The highest BCUT2D eigenvalue weighted by molar-refractivity contribution is 5.20. The van der Waals surface area contributed by atoms with Gasteiger partial charge in [0, 0.05) is 29.4 Å². The molecule has 0 radical (unpaired) electrons. The minimum atomic E-state index is 0.0328. The number of aromatic nitrogens is 2. The quantitative estimate of drug-likeness (QED) is 0.778. The van der Waals surface area contributed by atoms with E-state index in [4.69, 9.17) is 5.73 Å². The normalized spacial score (nSPS) is 19.1. The first-order valence-electron chi connectivity index (χ1n) is 5.27. The second-order valence-electron chi connectivity index (χ2n) is 4.19. The number of rotatable bonds is 2. The van der Waals surface area contributed by atoms with Crippen LogP contribution in [-0.4, -0.2) is 9.97 Å². The van der Waals surface area contributed by atoms with Crippen molar-refractivity contribution in [3.63, 3.8) is 0 Å². The number of nitrogens with two attached hydrogens (primary N) is 1. The molecule has 3 nitrogen and oxygen atoms in total. The molecular formula is C11H17N3. The molecule has 1 heterocycles. The van der Waals surface area contributed by atoms with Crippen molar-refractivity contribution < 1.29 is 0 Å². The summed E-state index contributed by atoms with van der Waals surface area (Å²) in [4.78, 5) is 8.92. The fourth-order valence-corrected chi connectivity index (χ4v) is 1.80. The topological polar surface area (TPSA) is 51.8 Å². The zero-order valence-corrected chi connectivity index (χ0v) is 8.83. The molecule has 1 aliphatic carbocycles. The van der Waals surface area contributed by atoms with E-state index in [-0.39, 0.29) is 6.04 Å². The standard InChI is InChI=1S/C11H17N3/c1-7(12)10-6-13-11(14-8(10)2)9-4-3-5-9/h6-7,9H,3-5,12H2,1-2H3/t7-/m0/s1. The smallest absolute Gasteiger partial charge is 0.131 e. The van der Waals surface area contributed by atoms with Crippen LogP contribution in [0.3, 0.4) is 0 Å². The van der Waals surface area contributed by atoms with Gasteiger partial charge in [0.2, 0.25) is 0 Å². The molecule has 1 fully saturated rings. The Hall–Kier alpha value is -0.960. The monoisotopic (exact) mass is 191 g/mol. The van der Waals surface area contributed by atoms with Crippen LogP contribution in [0, 0.1) is 6.92 Å². The zero-order valence-electron chi connectivity index (χ0n) is 8.83. The minimum absolute atomic E-state index is 0.0328. The largest absolute Gasteiger partial charge is 0.324 e. The molecule has 3 heteroatoms. The van der Waals surface area contributed by atoms with E-state index < -0.39 is 0 Å². The summed E-state index contributed by atoms with van der Waals surface area (Å²) in [5.41, 5.74) is 7.91. The number of hydrogen-bond donors (Lipinski definition) is 1. The second kappa shape index (κ2) is 3.65. The molecule has 2 rings (SSSR count).